The van der Waals surface area contributed by atoms with Gasteiger partial charge in [0.25, 0.3) is 0 Å². The van der Waals surface area contributed by atoms with Crippen LogP contribution >= 0.6 is 11.6 Å². The molecule has 4 rings (SSSR count). The fraction of sp³-hybridized carbons (Fsp3) is 0.343. The van der Waals surface area contributed by atoms with E-state index in [1.807, 2.05) is 67.6 Å². The van der Waals surface area contributed by atoms with E-state index in [1.54, 1.807) is 12.1 Å². The van der Waals surface area contributed by atoms with Gasteiger partial charge in [0, 0.05) is 12.1 Å². The summed E-state index contributed by atoms with van der Waals surface area (Å²) in [7, 11) is 0. The number of ether oxygens (including phenoxy) is 2. The Morgan fingerprint density at radius 1 is 0.884 bits per heavy atom. The highest BCUT2D eigenvalue weighted by atomic mass is 35.5. The maximum atomic E-state index is 12.8. The second-order valence-electron chi connectivity index (χ2n) is 10.5. The van der Waals surface area contributed by atoms with Crippen molar-refractivity contribution in [2.45, 2.75) is 72.4 Å². The number of para-hydroxylation sites is 1. The van der Waals surface area contributed by atoms with E-state index in [9.17, 15) is 9.59 Å². The zero-order valence-electron chi connectivity index (χ0n) is 25.2. The quantitative estimate of drug-likeness (QED) is 0.109. The molecule has 0 bridgehead atoms. The van der Waals surface area contributed by atoms with Crippen molar-refractivity contribution >= 4 is 29.2 Å². The van der Waals surface area contributed by atoms with Crippen LogP contribution in [0.2, 0.25) is 5.15 Å². The molecule has 0 aliphatic heterocycles. The molecule has 0 atom stereocenters. The van der Waals surface area contributed by atoms with Gasteiger partial charge in [-0.25, -0.2) is 14.6 Å². The molecule has 1 heterocycles. The summed E-state index contributed by atoms with van der Waals surface area (Å²) in [5, 5.41) is 3.79. The van der Waals surface area contributed by atoms with Gasteiger partial charge in [0.2, 0.25) is 0 Å². The largest absolute Gasteiger partial charge is 0.462 e. The van der Waals surface area contributed by atoms with Crippen molar-refractivity contribution in [3.05, 3.63) is 112 Å². The summed E-state index contributed by atoms with van der Waals surface area (Å²) < 4.78 is 13.1. The molecule has 0 saturated heterocycles. The van der Waals surface area contributed by atoms with E-state index in [4.69, 9.17) is 26.1 Å². The first-order valence-corrected chi connectivity index (χ1v) is 15.4. The molecule has 0 amide bonds. The van der Waals surface area contributed by atoms with Gasteiger partial charge in [-0.05, 0) is 61.2 Å². The third kappa shape index (κ3) is 8.48. The van der Waals surface area contributed by atoms with Crippen molar-refractivity contribution in [1.82, 2.24) is 9.55 Å². The highest BCUT2D eigenvalue weighted by Crippen LogP contribution is 2.28. The molecule has 8 heteroatoms. The Morgan fingerprint density at radius 2 is 1.63 bits per heavy atom. The van der Waals surface area contributed by atoms with Gasteiger partial charge in [0.15, 0.2) is 5.15 Å². The molecule has 0 radical (unpaired) electrons. The second kappa shape index (κ2) is 15.9. The van der Waals surface area contributed by atoms with Crippen LogP contribution < -0.4 is 5.32 Å². The first kappa shape index (κ1) is 31.8. The molecule has 0 aliphatic rings. The molecule has 0 spiro atoms. The zero-order chi connectivity index (χ0) is 30.6. The summed E-state index contributed by atoms with van der Waals surface area (Å²) in [6.07, 6.45) is 5.64. The predicted octanol–water partition coefficient (Wildman–Crippen LogP) is 8.49. The summed E-state index contributed by atoms with van der Waals surface area (Å²) in [6, 6.07) is 22.4. The summed E-state index contributed by atoms with van der Waals surface area (Å²) in [5.74, 6) is 0.108. The molecule has 0 saturated carbocycles. The number of hydrogen-bond donors (Lipinski definition) is 1. The Morgan fingerprint density at radius 3 is 2.37 bits per heavy atom. The number of nitrogens with one attached hydrogen (secondary N) is 1. The molecule has 7 nitrogen and oxygen atoms in total. The molecule has 1 N–H and O–H groups in total. The van der Waals surface area contributed by atoms with Crippen LogP contribution in [0, 0.1) is 6.92 Å². The van der Waals surface area contributed by atoms with Crippen LogP contribution in [0.3, 0.4) is 0 Å². The molecule has 3 aromatic carbocycles. The third-order valence-corrected chi connectivity index (χ3v) is 7.51. The van der Waals surface area contributed by atoms with E-state index in [2.05, 4.69) is 23.7 Å². The van der Waals surface area contributed by atoms with Gasteiger partial charge in [-0.3, -0.25) is 4.57 Å². The van der Waals surface area contributed by atoms with Crippen LogP contribution in [-0.4, -0.2) is 28.1 Å². The minimum Gasteiger partial charge on any atom is -0.462 e. The van der Waals surface area contributed by atoms with E-state index in [0.29, 0.717) is 35.1 Å². The van der Waals surface area contributed by atoms with Gasteiger partial charge in [0.05, 0.1) is 35.7 Å². The average molecular weight is 602 g/mol. The Bertz CT molecular complexity index is 1520. The minimum absolute atomic E-state index is 0.211. The number of anilines is 1. The summed E-state index contributed by atoms with van der Waals surface area (Å²) in [5.41, 5.74) is 5.08. The van der Waals surface area contributed by atoms with Crippen LogP contribution in [0.5, 0.6) is 0 Å². The number of aryl methyl sites for hydroxylation is 2. The topological polar surface area (TPSA) is 82.5 Å². The van der Waals surface area contributed by atoms with Gasteiger partial charge < -0.3 is 14.8 Å². The minimum atomic E-state index is -0.381. The van der Waals surface area contributed by atoms with Gasteiger partial charge in [-0.2, -0.15) is 0 Å². The van der Waals surface area contributed by atoms with Crippen LogP contribution in [0.25, 0.3) is 5.69 Å². The summed E-state index contributed by atoms with van der Waals surface area (Å²) >= 11 is 6.74. The molecule has 0 fully saturated rings. The molecule has 4 aromatic rings. The van der Waals surface area contributed by atoms with E-state index in [1.165, 1.54) is 0 Å². The van der Waals surface area contributed by atoms with E-state index < -0.39 is 0 Å². The zero-order valence-corrected chi connectivity index (χ0v) is 26.0. The van der Waals surface area contributed by atoms with Crippen LogP contribution in [0.4, 0.5) is 5.69 Å². The Balaban J connectivity index is 1.57. The first-order valence-electron chi connectivity index (χ1n) is 15.0. The lowest BCUT2D eigenvalue weighted by Crippen LogP contribution is -2.14. The number of esters is 2. The number of hydrogen-bond acceptors (Lipinski definition) is 6. The van der Waals surface area contributed by atoms with Crippen LogP contribution in [-0.2, 0) is 29.0 Å². The number of carbonyl (C=O) groups is 2. The lowest BCUT2D eigenvalue weighted by Gasteiger charge is -2.17. The lowest BCUT2D eigenvalue weighted by molar-refractivity contribution is 0.0470. The van der Waals surface area contributed by atoms with Gasteiger partial charge in [0.1, 0.15) is 12.4 Å². The van der Waals surface area contributed by atoms with Crippen molar-refractivity contribution in [2.75, 3.05) is 11.9 Å². The average Bonchev–Trinajstić information content (AvgIpc) is 3.34. The highest BCUT2D eigenvalue weighted by Gasteiger charge is 2.21. The monoisotopic (exact) mass is 601 g/mol. The smallest absolute Gasteiger partial charge is 0.340 e. The molecule has 0 unspecified atom stereocenters. The molecule has 226 valence electrons. The van der Waals surface area contributed by atoms with Crippen molar-refractivity contribution in [1.29, 1.82) is 0 Å². The Kier molecular flexibility index (Phi) is 11.8. The molecule has 0 aliphatic carbocycles. The number of benzene rings is 3. The molecule has 43 heavy (non-hydrogen) atoms. The van der Waals surface area contributed by atoms with E-state index >= 15 is 0 Å². The summed E-state index contributed by atoms with van der Waals surface area (Å²) in [6.45, 7) is 7.15. The maximum absolute atomic E-state index is 12.8. The predicted molar refractivity (Wildman–Crippen MR) is 171 cm³/mol. The van der Waals surface area contributed by atoms with E-state index in [-0.39, 0.29) is 18.5 Å². The van der Waals surface area contributed by atoms with Gasteiger partial charge >= 0.3 is 11.9 Å². The highest BCUT2D eigenvalue weighted by molar-refractivity contribution is 6.30. The third-order valence-electron chi connectivity index (χ3n) is 7.21. The van der Waals surface area contributed by atoms with Crippen molar-refractivity contribution in [3.63, 3.8) is 0 Å². The number of aromatic nitrogens is 2. The molecular formula is C35H40ClN3O4. The summed E-state index contributed by atoms with van der Waals surface area (Å²) in [4.78, 5) is 30.4. The standard InChI is InChI=1S/C35H40ClN3O4/c1-4-6-13-21-42-35(41)28-16-11-12-17-29(28)37-23-31-33(36)38-32(18-7-5-2)39(31)30-20-19-27(22-25(30)3)34(40)43-24-26-14-9-8-10-15-26/h8-12,14-17,19-20,22,37H,4-7,13,18,21,23-24H2,1-3H3. The van der Waals surface area contributed by atoms with Crippen molar-refractivity contribution in [2.24, 2.45) is 0 Å². The fourth-order valence-corrected chi connectivity index (χ4v) is 5.09. The number of imidazole rings is 1. The fourth-order valence-electron chi connectivity index (χ4n) is 4.84. The number of rotatable bonds is 15. The normalized spacial score (nSPS) is 10.9. The number of halogens is 1. The van der Waals surface area contributed by atoms with Crippen LogP contribution in [0.15, 0.2) is 72.8 Å². The Labute approximate surface area is 259 Å². The first-order chi connectivity index (χ1) is 20.9. The molecular weight excluding hydrogens is 562 g/mol. The second-order valence-corrected chi connectivity index (χ2v) is 10.9. The van der Waals surface area contributed by atoms with Gasteiger partial charge in [-0.1, -0.05) is 87.2 Å². The Hall–Kier alpha value is -4.10. The number of unbranched alkanes of at least 4 members (excludes halogenated alkanes) is 3. The number of carbonyl (C=O) groups excluding carboxylic acids is 2. The lowest BCUT2D eigenvalue weighted by atomic mass is 10.1. The van der Waals surface area contributed by atoms with Crippen LogP contribution in [0.1, 0.15) is 89.3 Å². The van der Waals surface area contributed by atoms with Crippen molar-refractivity contribution in [3.8, 4) is 5.69 Å². The molecule has 1 aromatic heterocycles. The van der Waals surface area contributed by atoms with E-state index in [0.717, 1.165) is 66.9 Å². The maximum Gasteiger partial charge on any atom is 0.340 e. The van der Waals surface area contributed by atoms with Crippen molar-refractivity contribution < 1.29 is 19.1 Å². The SMILES string of the molecule is CCCCCOC(=O)c1ccccc1NCc1c(Cl)nc(CCCC)n1-c1ccc(C(=O)OCc2ccccc2)cc1C. The number of nitrogens with zero attached hydrogens (tertiary/aromatic N) is 2. The van der Waals surface area contributed by atoms with Gasteiger partial charge in [-0.15, -0.1) is 0 Å².